The van der Waals surface area contributed by atoms with E-state index in [2.05, 4.69) is 10.5 Å². The van der Waals surface area contributed by atoms with Gasteiger partial charge in [0.05, 0.1) is 5.69 Å². The highest BCUT2D eigenvalue weighted by Gasteiger charge is 2.04. The van der Waals surface area contributed by atoms with Gasteiger partial charge in [0.2, 0.25) is 5.91 Å². The standard InChI is InChI=1S/C16H14N2O3/c1-11(19)17-16-10-14(18-21)7-6-13(16)5-2-12-3-8-15(20)9-4-12/h2-10,20H,1H3,(H,17,19)/b5-2+. The summed E-state index contributed by atoms with van der Waals surface area (Å²) in [6.45, 7) is 1.40. The molecule has 2 N–H and O–H groups in total. The first kappa shape index (κ1) is 14.5. The highest BCUT2D eigenvalue weighted by molar-refractivity contribution is 5.93. The number of phenolic OH excluding ortho intramolecular Hbond substituents is 1. The fraction of sp³-hybridized carbons (Fsp3) is 0.0625. The Bertz CT molecular complexity index is 691. The van der Waals surface area contributed by atoms with Gasteiger partial charge in [0, 0.05) is 6.92 Å². The van der Waals surface area contributed by atoms with Crippen LogP contribution in [0.5, 0.6) is 5.75 Å². The number of nitrogens with one attached hydrogen (secondary N) is 1. The summed E-state index contributed by atoms with van der Waals surface area (Å²) in [6, 6.07) is 11.5. The number of carbonyl (C=O) groups is 1. The van der Waals surface area contributed by atoms with Crippen LogP contribution in [0, 0.1) is 4.91 Å². The average molecular weight is 282 g/mol. The SMILES string of the molecule is CC(=O)Nc1cc(N=O)ccc1/C=C/c1ccc(O)cc1. The maximum Gasteiger partial charge on any atom is 0.221 e. The summed E-state index contributed by atoms with van der Waals surface area (Å²) in [5.41, 5.74) is 2.43. The molecule has 0 aliphatic heterocycles. The van der Waals surface area contributed by atoms with Gasteiger partial charge in [0.1, 0.15) is 11.4 Å². The molecule has 0 atom stereocenters. The maximum atomic E-state index is 11.2. The Morgan fingerprint density at radius 2 is 1.86 bits per heavy atom. The summed E-state index contributed by atoms with van der Waals surface area (Å²) in [4.78, 5) is 21.8. The first-order valence-electron chi connectivity index (χ1n) is 6.30. The number of hydrogen-bond acceptors (Lipinski definition) is 4. The molecule has 0 aromatic heterocycles. The Kier molecular flexibility index (Phi) is 4.46. The van der Waals surface area contributed by atoms with Crippen molar-refractivity contribution in [3.63, 3.8) is 0 Å². The molecule has 0 radical (unpaired) electrons. The number of nitroso groups, excluding NO2 is 1. The first-order chi connectivity index (χ1) is 10.1. The molecule has 0 unspecified atom stereocenters. The molecule has 2 aromatic carbocycles. The van der Waals surface area contributed by atoms with Crippen molar-refractivity contribution in [1.29, 1.82) is 0 Å². The summed E-state index contributed by atoms with van der Waals surface area (Å²) in [7, 11) is 0. The van der Waals surface area contributed by atoms with E-state index >= 15 is 0 Å². The van der Waals surface area contributed by atoms with Crippen LogP contribution in [0.4, 0.5) is 11.4 Å². The monoisotopic (exact) mass is 282 g/mol. The van der Waals surface area contributed by atoms with E-state index in [0.717, 1.165) is 11.1 Å². The second-order valence-corrected chi connectivity index (χ2v) is 4.47. The van der Waals surface area contributed by atoms with Crippen LogP contribution < -0.4 is 5.32 Å². The van der Waals surface area contributed by atoms with E-state index in [1.54, 1.807) is 36.4 Å². The molecule has 0 aliphatic carbocycles. The fourth-order valence-corrected chi connectivity index (χ4v) is 1.82. The minimum Gasteiger partial charge on any atom is -0.508 e. The van der Waals surface area contributed by atoms with Crippen LogP contribution in [0.15, 0.2) is 47.6 Å². The molecule has 0 heterocycles. The van der Waals surface area contributed by atoms with Crippen LogP contribution in [-0.4, -0.2) is 11.0 Å². The second kappa shape index (κ2) is 6.47. The topological polar surface area (TPSA) is 78.8 Å². The van der Waals surface area contributed by atoms with Crippen molar-refractivity contribution in [3.05, 3.63) is 58.5 Å². The minimum absolute atomic E-state index is 0.201. The maximum absolute atomic E-state index is 11.2. The van der Waals surface area contributed by atoms with Crippen molar-refractivity contribution in [2.45, 2.75) is 6.92 Å². The highest BCUT2D eigenvalue weighted by Crippen LogP contribution is 2.25. The molecule has 2 aromatic rings. The van der Waals surface area contributed by atoms with Gasteiger partial charge < -0.3 is 10.4 Å². The largest absolute Gasteiger partial charge is 0.508 e. The van der Waals surface area contributed by atoms with E-state index in [4.69, 9.17) is 0 Å². The zero-order chi connectivity index (χ0) is 15.2. The number of phenols is 1. The van der Waals surface area contributed by atoms with Gasteiger partial charge in [0.15, 0.2) is 0 Å². The van der Waals surface area contributed by atoms with Gasteiger partial charge >= 0.3 is 0 Å². The fourth-order valence-electron chi connectivity index (χ4n) is 1.82. The molecule has 2 rings (SSSR count). The molecule has 106 valence electrons. The molecule has 0 bridgehead atoms. The lowest BCUT2D eigenvalue weighted by molar-refractivity contribution is -0.114. The number of carbonyl (C=O) groups excluding carboxylic acids is 1. The number of nitrogens with zero attached hydrogens (tertiary/aromatic N) is 1. The van der Waals surface area contributed by atoms with E-state index in [0.29, 0.717) is 5.69 Å². The van der Waals surface area contributed by atoms with Crippen LogP contribution in [0.3, 0.4) is 0 Å². The summed E-state index contributed by atoms with van der Waals surface area (Å²) < 4.78 is 0. The molecule has 0 saturated heterocycles. The number of amides is 1. The van der Waals surface area contributed by atoms with Gasteiger partial charge in [-0.05, 0) is 40.6 Å². The number of hydrogen-bond donors (Lipinski definition) is 2. The van der Waals surface area contributed by atoms with E-state index in [1.165, 1.54) is 13.0 Å². The molecule has 0 aliphatic rings. The molecule has 0 fully saturated rings. The first-order valence-corrected chi connectivity index (χ1v) is 6.30. The van der Waals surface area contributed by atoms with Crippen molar-refractivity contribution in [3.8, 4) is 5.75 Å². The van der Waals surface area contributed by atoms with Gasteiger partial charge in [0.25, 0.3) is 0 Å². The van der Waals surface area contributed by atoms with Crippen LogP contribution in [0.2, 0.25) is 0 Å². The lowest BCUT2D eigenvalue weighted by Gasteiger charge is -2.07. The predicted octanol–water partition coefficient (Wildman–Crippen LogP) is 3.92. The summed E-state index contributed by atoms with van der Waals surface area (Å²) in [5, 5.41) is 14.8. The summed E-state index contributed by atoms with van der Waals surface area (Å²) in [5.74, 6) is -0.0233. The van der Waals surface area contributed by atoms with Gasteiger partial charge in [-0.25, -0.2) is 0 Å². The Labute approximate surface area is 121 Å². The van der Waals surface area contributed by atoms with Gasteiger partial charge in [-0.3, -0.25) is 4.79 Å². The van der Waals surface area contributed by atoms with Crippen molar-refractivity contribution < 1.29 is 9.90 Å². The van der Waals surface area contributed by atoms with Crippen molar-refractivity contribution >= 4 is 29.4 Å². The molecule has 5 heteroatoms. The number of aromatic hydroxyl groups is 1. The van der Waals surface area contributed by atoms with Crippen LogP contribution >= 0.6 is 0 Å². The number of benzene rings is 2. The Morgan fingerprint density at radius 3 is 2.48 bits per heavy atom. The minimum atomic E-state index is -0.225. The number of rotatable bonds is 4. The third kappa shape index (κ3) is 4.01. The quantitative estimate of drug-likeness (QED) is 0.659. The third-order valence-corrected chi connectivity index (χ3v) is 2.80. The Hall–Kier alpha value is -2.95. The smallest absolute Gasteiger partial charge is 0.221 e. The van der Waals surface area contributed by atoms with Crippen LogP contribution in [-0.2, 0) is 4.79 Å². The second-order valence-electron chi connectivity index (χ2n) is 4.47. The summed E-state index contributed by atoms with van der Waals surface area (Å²) >= 11 is 0. The zero-order valence-electron chi connectivity index (χ0n) is 11.4. The summed E-state index contributed by atoms with van der Waals surface area (Å²) in [6.07, 6.45) is 3.65. The van der Waals surface area contributed by atoms with E-state index in [-0.39, 0.29) is 17.3 Å². The van der Waals surface area contributed by atoms with Gasteiger partial charge in [-0.2, -0.15) is 0 Å². The number of anilines is 1. The van der Waals surface area contributed by atoms with Crippen molar-refractivity contribution in [2.24, 2.45) is 5.18 Å². The Morgan fingerprint density at radius 1 is 1.14 bits per heavy atom. The van der Waals surface area contributed by atoms with E-state index in [1.807, 2.05) is 12.2 Å². The van der Waals surface area contributed by atoms with E-state index in [9.17, 15) is 14.8 Å². The molecule has 5 nitrogen and oxygen atoms in total. The lowest BCUT2D eigenvalue weighted by atomic mass is 10.1. The van der Waals surface area contributed by atoms with Crippen LogP contribution in [0.1, 0.15) is 18.1 Å². The third-order valence-electron chi connectivity index (χ3n) is 2.80. The zero-order valence-corrected chi connectivity index (χ0v) is 11.4. The molecular formula is C16H14N2O3. The Balaban J connectivity index is 2.31. The highest BCUT2D eigenvalue weighted by atomic mass is 16.3. The predicted molar refractivity (Wildman–Crippen MR) is 83.2 cm³/mol. The van der Waals surface area contributed by atoms with Crippen molar-refractivity contribution in [2.75, 3.05) is 5.32 Å². The van der Waals surface area contributed by atoms with Gasteiger partial charge in [-0.15, -0.1) is 4.91 Å². The average Bonchev–Trinajstić information content (AvgIpc) is 2.47. The molecular weight excluding hydrogens is 268 g/mol. The normalized spacial score (nSPS) is 10.5. The lowest BCUT2D eigenvalue weighted by Crippen LogP contribution is -2.06. The molecule has 21 heavy (non-hydrogen) atoms. The molecule has 1 amide bonds. The van der Waals surface area contributed by atoms with E-state index < -0.39 is 0 Å². The van der Waals surface area contributed by atoms with Gasteiger partial charge in [-0.1, -0.05) is 30.4 Å². The van der Waals surface area contributed by atoms with Crippen LogP contribution in [0.25, 0.3) is 12.2 Å². The molecule has 0 saturated carbocycles. The van der Waals surface area contributed by atoms with Crippen molar-refractivity contribution in [1.82, 2.24) is 0 Å². The molecule has 0 spiro atoms.